The molecule has 0 saturated heterocycles. The molecular formula is C34H17N5O. The number of para-hydroxylation sites is 2. The fourth-order valence-corrected chi connectivity index (χ4v) is 4.91. The van der Waals surface area contributed by atoms with Crippen molar-refractivity contribution in [1.29, 1.82) is 21.0 Å². The van der Waals surface area contributed by atoms with Gasteiger partial charge in [-0.05, 0) is 65.7 Å². The van der Waals surface area contributed by atoms with Crippen LogP contribution in [0.2, 0.25) is 0 Å². The van der Waals surface area contributed by atoms with Crippen molar-refractivity contribution in [2.75, 3.05) is 4.90 Å². The summed E-state index contributed by atoms with van der Waals surface area (Å²) >= 11 is 0. The van der Waals surface area contributed by atoms with E-state index >= 15 is 0 Å². The smallest absolute Gasteiger partial charge is 0.159 e. The molecule has 0 aliphatic carbocycles. The predicted octanol–water partition coefficient (Wildman–Crippen LogP) is 8.21. The Morgan fingerprint density at radius 1 is 0.500 bits per heavy atom. The molecule has 0 fully saturated rings. The number of hydrogen-bond acceptors (Lipinski definition) is 6. The average molecular weight is 512 g/mol. The molecule has 184 valence electrons. The Morgan fingerprint density at radius 3 is 1.82 bits per heavy atom. The van der Waals surface area contributed by atoms with Crippen molar-refractivity contribution in [1.82, 2.24) is 0 Å². The first kappa shape index (κ1) is 24.0. The van der Waals surface area contributed by atoms with E-state index in [4.69, 9.17) is 4.42 Å². The molecule has 1 heterocycles. The van der Waals surface area contributed by atoms with E-state index in [1.54, 1.807) is 24.3 Å². The molecule has 0 aliphatic heterocycles. The minimum Gasteiger partial charge on any atom is -0.454 e. The average Bonchev–Trinajstić information content (AvgIpc) is 3.40. The Morgan fingerprint density at radius 2 is 1.10 bits per heavy atom. The lowest BCUT2D eigenvalue weighted by Crippen LogP contribution is -2.10. The van der Waals surface area contributed by atoms with Crippen LogP contribution in [0.15, 0.2) is 108 Å². The van der Waals surface area contributed by atoms with E-state index in [-0.39, 0.29) is 5.56 Å². The second kappa shape index (κ2) is 9.85. The monoisotopic (exact) mass is 511 g/mol. The lowest BCUT2D eigenvalue weighted by molar-refractivity contribution is 0.669. The molecular weight excluding hydrogens is 494 g/mol. The third-order valence-corrected chi connectivity index (χ3v) is 6.85. The van der Waals surface area contributed by atoms with Gasteiger partial charge in [-0.15, -0.1) is 0 Å². The van der Waals surface area contributed by atoms with E-state index < -0.39 is 0 Å². The summed E-state index contributed by atoms with van der Waals surface area (Å²) in [6, 6.07) is 40.3. The molecule has 6 aromatic rings. The molecule has 0 saturated carbocycles. The molecule has 1 aromatic heterocycles. The van der Waals surface area contributed by atoms with Crippen LogP contribution in [-0.4, -0.2) is 0 Å². The van der Waals surface area contributed by atoms with Crippen LogP contribution in [0, 0.1) is 45.3 Å². The summed E-state index contributed by atoms with van der Waals surface area (Å²) in [5, 5.41) is 39.9. The van der Waals surface area contributed by atoms with Gasteiger partial charge in [0.05, 0.1) is 27.9 Å². The predicted molar refractivity (Wildman–Crippen MR) is 153 cm³/mol. The zero-order valence-corrected chi connectivity index (χ0v) is 21.0. The van der Waals surface area contributed by atoms with Gasteiger partial charge < -0.3 is 9.32 Å². The van der Waals surface area contributed by atoms with E-state index in [9.17, 15) is 21.0 Å². The second-order valence-corrected chi connectivity index (χ2v) is 9.07. The standard InChI is InChI=1S/C34H17N5O/c35-18-24-9-8-23(16-26(24)20-37)22-10-13-28(14-11-22)39(29-15-12-25(19-36)27(17-29)21-38)32-6-3-5-31-30-4-1-2-7-33(30)40-34(31)32/h1-17H. The first-order chi connectivity index (χ1) is 19.6. The molecule has 0 spiro atoms. The minimum atomic E-state index is 0.278. The number of rotatable bonds is 4. The molecule has 6 rings (SSSR count). The van der Waals surface area contributed by atoms with Crippen molar-refractivity contribution in [3.63, 3.8) is 0 Å². The van der Waals surface area contributed by atoms with Gasteiger partial charge in [0.25, 0.3) is 0 Å². The van der Waals surface area contributed by atoms with Gasteiger partial charge in [-0.25, -0.2) is 0 Å². The number of anilines is 3. The van der Waals surface area contributed by atoms with Crippen LogP contribution in [-0.2, 0) is 0 Å². The van der Waals surface area contributed by atoms with Crippen LogP contribution in [0.3, 0.4) is 0 Å². The summed E-state index contributed by atoms with van der Waals surface area (Å²) in [6.45, 7) is 0. The summed E-state index contributed by atoms with van der Waals surface area (Å²) in [7, 11) is 0. The van der Waals surface area contributed by atoms with Crippen molar-refractivity contribution >= 4 is 39.0 Å². The van der Waals surface area contributed by atoms with Crippen LogP contribution in [0.25, 0.3) is 33.1 Å². The maximum absolute atomic E-state index is 9.73. The van der Waals surface area contributed by atoms with Gasteiger partial charge in [0, 0.05) is 22.1 Å². The normalized spacial score (nSPS) is 10.4. The lowest BCUT2D eigenvalue weighted by Gasteiger charge is -2.26. The molecule has 0 amide bonds. The number of nitriles is 4. The van der Waals surface area contributed by atoms with Crippen molar-refractivity contribution in [2.24, 2.45) is 0 Å². The molecule has 6 heteroatoms. The molecule has 0 aliphatic rings. The van der Waals surface area contributed by atoms with Crippen LogP contribution >= 0.6 is 0 Å². The van der Waals surface area contributed by atoms with Gasteiger partial charge in [0.1, 0.15) is 29.9 Å². The second-order valence-electron chi connectivity index (χ2n) is 9.07. The lowest BCUT2D eigenvalue weighted by atomic mass is 9.99. The van der Waals surface area contributed by atoms with E-state index in [1.807, 2.05) is 89.8 Å². The minimum absolute atomic E-state index is 0.278. The van der Waals surface area contributed by atoms with Crippen LogP contribution in [0.4, 0.5) is 17.1 Å². The third-order valence-electron chi connectivity index (χ3n) is 6.85. The van der Waals surface area contributed by atoms with Gasteiger partial charge in [-0.2, -0.15) is 21.0 Å². The zero-order chi connectivity index (χ0) is 27.6. The summed E-state index contributed by atoms with van der Waals surface area (Å²) in [5.74, 6) is 0. The number of nitrogens with zero attached hydrogens (tertiary/aromatic N) is 5. The molecule has 0 atom stereocenters. The van der Waals surface area contributed by atoms with E-state index in [2.05, 4.69) is 18.2 Å². The summed E-state index contributed by atoms with van der Waals surface area (Å²) in [4.78, 5) is 2.00. The molecule has 0 unspecified atom stereocenters. The van der Waals surface area contributed by atoms with E-state index in [0.29, 0.717) is 28.0 Å². The van der Waals surface area contributed by atoms with Gasteiger partial charge >= 0.3 is 0 Å². The topological polar surface area (TPSA) is 112 Å². The number of furan rings is 1. The van der Waals surface area contributed by atoms with Gasteiger partial charge in [0.2, 0.25) is 0 Å². The highest BCUT2D eigenvalue weighted by Crippen LogP contribution is 2.42. The van der Waals surface area contributed by atoms with Crippen molar-refractivity contribution < 1.29 is 4.42 Å². The first-order valence-electron chi connectivity index (χ1n) is 12.3. The van der Waals surface area contributed by atoms with Crippen molar-refractivity contribution in [3.05, 3.63) is 125 Å². The molecule has 5 aromatic carbocycles. The maximum atomic E-state index is 9.73. The van der Waals surface area contributed by atoms with Crippen LogP contribution < -0.4 is 4.90 Å². The maximum Gasteiger partial charge on any atom is 0.159 e. The summed E-state index contributed by atoms with van der Waals surface area (Å²) in [6.07, 6.45) is 0. The van der Waals surface area contributed by atoms with Crippen molar-refractivity contribution in [2.45, 2.75) is 0 Å². The molecule has 40 heavy (non-hydrogen) atoms. The van der Waals surface area contributed by atoms with E-state index in [1.165, 1.54) is 0 Å². The van der Waals surface area contributed by atoms with Gasteiger partial charge in [0.15, 0.2) is 5.58 Å². The molecule has 0 bridgehead atoms. The zero-order valence-electron chi connectivity index (χ0n) is 21.0. The molecule has 0 N–H and O–H groups in total. The van der Waals surface area contributed by atoms with Crippen LogP contribution in [0.1, 0.15) is 22.3 Å². The fourth-order valence-electron chi connectivity index (χ4n) is 4.91. The highest BCUT2D eigenvalue weighted by molar-refractivity contribution is 6.10. The number of fused-ring (bicyclic) bond motifs is 3. The number of benzene rings is 5. The Kier molecular flexibility index (Phi) is 5.91. The Labute approximate surface area is 230 Å². The highest BCUT2D eigenvalue weighted by atomic mass is 16.3. The SMILES string of the molecule is N#Cc1ccc(-c2ccc(N(c3ccc(C#N)c(C#N)c3)c3cccc4c3oc3ccccc34)cc2)cc1C#N. The van der Waals surface area contributed by atoms with Crippen LogP contribution in [0.5, 0.6) is 0 Å². The molecule has 0 radical (unpaired) electrons. The quantitative estimate of drug-likeness (QED) is 0.236. The highest BCUT2D eigenvalue weighted by Gasteiger charge is 2.20. The largest absolute Gasteiger partial charge is 0.454 e. The molecule has 6 nitrogen and oxygen atoms in total. The Balaban J connectivity index is 1.54. The third kappa shape index (κ3) is 3.96. The summed E-state index contributed by atoms with van der Waals surface area (Å²) in [5.41, 5.74) is 6.68. The Hall–Kier alpha value is -6.34. The first-order valence-corrected chi connectivity index (χ1v) is 12.3. The van der Waals surface area contributed by atoms with E-state index in [0.717, 1.165) is 38.9 Å². The van der Waals surface area contributed by atoms with Gasteiger partial charge in [-0.3, -0.25) is 0 Å². The fraction of sp³-hybridized carbons (Fsp3) is 0. The summed E-state index contributed by atoms with van der Waals surface area (Å²) < 4.78 is 6.33. The van der Waals surface area contributed by atoms with Gasteiger partial charge in [-0.1, -0.05) is 48.5 Å². The Bertz CT molecular complexity index is 2110. The van der Waals surface area contributed by atoms with Crippen molar-refractivity contribution in [3.8, 4) is 35.4 Å². The number of hydrogen-bond donors (Lipinski definition) is 0.